The average Bonchev–Trinajstić information content (AvgIpc) is 2.46. The third-order valence-electron chi connectivity index (χ3n) is 4.29. The van der Waals surface area contributed by atoms with Crippen LogP contribution >= 0.6 is 0 Å². The summed E-state index contributed by atoms with van der Waals surface area (Å²) in [5.74, 6) is 0.702. The van der Waals surface area contributed by atoms with Crippen molar-refractivity contribution < 1.29 is 4.74 Å². The van der Waals surface area contributed by atoms with Gasteiger partial charge in [0.1, 0.15) is 0 Å². The van der Waals surface area contributed by atoms with Crippen molar-refractivity contribution in [3.8, 4) is 0 Å². The van der Waals surface area contributed by atoms with E-state index in [2.05, 4.69) is 44.2 Å². The summed E-state index contributed by atoms with van der Waals surface area (Å²) in [6, 6.07) is 13.7. The molecule has 0 aliphatic carbocycles. The van der Waals surface area contributed by atoms with Crippen molar-refractivity contribution >= 4 is 8.80 Å². The first kappa shape index (κ1) is 13.8. The Bertz CT molecular complexity index is 332. The first-order chi connectivity index (χ1) is 8.81. The van der Waals surface area contributed by atoms with Crippen LogP contribution < -0.4 is 0 Å². The fourth-order valence-electron chi connectivity index (χ4n) is 3.09. The summed E-state index contributed by atoms with van der Waals surface area (Å²) in [6.07, 6.45) is 3.98. The fraction of sp³-hybridized carbons (Fsp3) is 0.625. The Labute approximate surface area is 113 Å². The van der Waals surface area contributed by atoms with Crippen LogP contribution in [0, 0.1) is 0 Å². The topological polar surface area (TPSA) is 9.23 Å². The Kier molecular flexibility index (Phi) is 5.45. The van der Waals surface area contributed by atoms with E-state index < -0.39 is 8.80 Å². The second-order valence-corrected chi connectivity index (χ2v) is 9.17. The van der Waals surface area contributed by atoms with E-state index in [-0.39, 0.29) is 0 Å². The molecule has 0 bridgehead atoms. The highest BCUT2D eigenvalue weighted by Gasteiger charge is 2.26. The van der Waals surface area contributed by atoms with Gasteiger partial charge in [0.2, 0.25) is 0 Å². The monoisotopic (exact) mass is 262 g/mol. The Morgan fingerprint density at radius 3 is 2.67 bits per heavy atom. The van der Waals surface area contributed by atoms with Crippen LogP contribution in [0.3, 0.4) is 0 Å². The molecule has 1 fully saturated rings. The standard InChI is InChI=1S/C16H26OSi/c1-3-18(16-11-7-8-12-17-16)13-14(2)15-9-5-4-6-10-15/h4-6,9-10,14,16,18H,3,7-8,11-13H2,1-2H3. The third-order valence-corrected chi connectivity index (χ3v) is 8.23. The maximum absolute atomic E-state index is 6.03. The van der Waals surface area contributed by atoms with Crippen molar-refractivity contribution in [2.45, 2.75) is 56.8 Å². The van der Waals surface area contributed by atoms with Gasteiger partial charge in [0.15, 0.2) is 0 Å². The quantitative estimate of drug-likeness (QED) is 0.725. The summed E-state index contributed by atoms with van der Waals surface area (Å²) in [5, 5.41) is 0. The lowest BCUT2D eigenvalue weighted by atomic mass is 10.0. The molecule has 1 nitrogen and oxygen atoms in total. The second kappa shape index (κ2) is 7.10. The molecule has 1 aliphatic rings. The van der Waals surface area contributed by atoms with E-state index in [4.69, 9.17) is 4.74 Å². The van der Waals surface area contributed by atoms with Gasteiger partial charge in [-0.05, 0) is 30.7 Å². The molecule has 0 spiro atoms. The minimum atomic E-state index is -0.744. The summed E-state index contributed by atoms with van der Waals surface area (Å²) >= 11 is 0. The van der Waals surface area contributed by atoms with Gasteiger partial charge in [-0.1, -0.05) is 56.3 Å². The number of hydrogen-bond acceptors (Lipinski definition) is 1. The van der Waals surface area contributed by atoms with Gasteiger partial charge in [0.05, 0.1) is 8.80 Å². The number of ether oxygens (including phenoxy) is 1. The molecule has 0 aromatic heterocycles. The molecule has 0 amide bonds. The molecule has 2 heteroatoms. The van der Waals surface area contributed by atoms with E-state index >= 15 is 0 Å². The van der Waals surface area contributed by atoms with Crippen molar-refractivity contribution in [3.63, 3.8) is 0 Å². The highest BCUT2D eigenvalue weighted by molar-refractivity contribution is 6.60. The molecule has 1 aromatic rings. The lowest BCUT2D eigenvalue weighted by molar-refractivity contribution is 0.0620. The van der Waals surface area contributed by atoms with Crippen LogP contribution in [0.2, 0.25) is 12.1 Å². The van der Waals surface area contributed by atoms with Gasteiger partial charge in [-0.25, -0.2) is 0 Å². The van der Waals surface area contributed by atoms with Gasteiger partial charge in [-0.2, -0.15) is 0 Å². The molecule has 1 aromatic carbocycles. The largest absolute Gasteiger partial charge is 0.382 e. The zero-order chi connectivity index (χ0) is 12.8. The molecule has 1 saturated heterocycles. The van der Waals surface area contributed by atoms with Gasteiger partial charge >= 0.3 is 0 Å². The number of hydrogen-bond donors (Lipinski definition) is 0. The highest BCUT2D eigenvalue weighted by atomic mass is 28.3. The van der Waals surface area contributed by atoms with Crippen LogP contribution in [-0.4, -0.2) is 21.1 Å². The first-order valence-electron chi connectivity index (χ1n) is 7.47. The molecule has 18 heavy (non-hydrogen) atoms. The Morgan fingerprint density at radius 1 is 1.28 bits per heavy atom. The SMILES string of the molecule is CC[SiH](CC(C)c1ccccc1)C1CCCCO1. The lowest BCUT2D eigenvalue weighted by Gasteiger charge is -2.30. The second-order valence-electron chi connectivity index (χ2n) is 5.62. The zero-order valence-electron chi connectivity index (χ0n) is 11.8. The summed E-state index contributed by atoms with van der Waals surface area (Å²) in [4.78, 5) is 0. The Morgan fingerprint density at radius 2 is 2.06 bits per heavy atom. The molecule has 0 N–H and O–H groups in total. The van der Waals surface area contributed by atoms with E-state index in [0.29, 0.717) is 11.6 Å². The fourth-order valence-corrected chi connectivity index (χ4v) is 6.55. The Balaban J connectivity index is 1.93. The number of benzene rings is 1. The van der Waals surface area contributed by atoms with E-state index in [1.165, 1.54) is 36.9 Å². The maximum Gasteiger partial charge on any atom is 0.0720 e. The first-order valence-corrected chi connectivity index (χ1v) is 9.77. The average molecular weight is 262 g/mol. The number of rotatable bonds is 5. The van der Waals surface area contributed by atoms with Crippen LogP contribution in [-0.2, 0) is 4.74 Å². The van der Waals surface area contributed by atoms with E-state index in [0.717, 1.165) is 6.61 Å². The van der Waals surface area contributed by atoms with Gasteiger partial charge in [-0.3, -0.25) is 0 Å². The van der Waals surface area contributed by atoms with Gasteiger partial charge in [-0.15, -0.1) is 0 Å². The summed E-state index contributed by atoms with van der Waals surface area (Å²) < 4.78 is 6.03. The van der Waals surface area contributed by atoms with Crippen LogP contribution in [0.5, 0.6) is 0 Å². The summed E-state index contributed by atoms with van der Waals surface area (Å²) in [6.45, 7) is 5.76. The maximum atomic E-state index is 6.03. The predicted octanol–water partition coefficient (Wildman–Crippen LogP) is 4.15. The van der Waals surface area contributed by atoms with Gasteiger partial charge in [0.25, 0.3) is 0 Å². The molecular formula is C16H26OSi. The third kappa shape index (κ3) is 3.69. The smallest absolute Gasteiger partial charge is 0.0720 e. The van der Waals surface area contributed by atoms with Crippen molar-refractivity contribution in [2.75, 3.05) is 6.61 Å². The van der Waals surface area contributed by atoms with Crippen LogP contribution in [0.4, 0.5) is 0 Å². The zero-order valence-corrected chi connectivity index (χ0v) is 12.9. The molecular weight excluding hydrogens is 236 g/mol. The van der Waals surface area contributed by atoms with Crippen molar-refractivity contribution in [2.24, 2.45) is 0 Å². The van der Waals surface area contributed by atoms with E-state index in [1.807, 2.05) is 0 Å². The van der Waals surface area contributed by atoms with Crippen molar-refractivity contribution in [1.82, 2.24) is 0 Å². The van der Waals surface area contributed by atoms with Crippen molar-refractivity contribution in [1.29, 1.82) is 0 Å². The summed E-state index contributed by atoms with van der Waals surface area (Å²) in [7, 11) is -0.744. The molecule has 0 saturated carbocycles. The van der Waals surface area contributed by atoms with Crippen LogP contribution in [0.15, 0.2) is 30.3 Å². The molecule has 3 unspecified atom stereocenters. The van der Waals surface area contributed by atoms with Gasteiger partial charge in [0, 0.05) is 12.3 Å². The van der Waals surface area contributed by atoms with Crippen LogP contribution in [0.1, 0.15) is 44.6 Å². The minimum absolute atomic E-state index is 0.648. The lowest BCUT2D eigenvalue weighted by Crippen LogP contribution is -2.36. The normalized spacial score (nSPS) is 23.6. The molecule has 100 valence electrons. The minimum Gasteiger partial charge on any atom is -0.382 e. The van der Waals surface area contributed by atoms with Crippen LogP contribution in [0.25, 0.3) is 0 Å². The highest BCUT2D eigenvalue weighted by Crippen LogP contribution is 2.27. The molecule has 0 radical (unpaired) electrons. The Hall–Kier alpha value is -0.603. The van der Waals surface area contributed by atoms with Crippen molar-refractivity contribution in [3.05, 3.63) is 35.9 Å². The predicted molar refractivity (Wildman–Crippen MR) is 80.9 cm³/mol. The molecule has 2 rings (SSSR count). The molecule has 1 heterocycles. The molecule has 3 atom stereocenters. The van der Waals surface area contributed by atoms with Gasteiger partial charge < -0.3 is 4.74 Å². The van der Waals surface area contributed by atoms with E-state index in [1.54, 1.807) is 0 Å². The summed E-state index contributed by atoms with van der Waals surface area (Å²) in [5.41, 5.74) is 2.15. The van der Waals surface area contributed by atoms with E-state index in [9.17, 15) is 0 Å². The molecule has 1 aliphatic heterocycles.